The standard InChI is InChI=1S/C37H45N7O11S2/c1-57(52,53)43-15-13-23(19-43)32(47)39-27(33(48)42-37-40-28(21-56-37)22-6-3-2-4-7-22)20-54-16-5-8-30(45)38-14-17-55-24-9-10-25-26(18-24)36(51)44(35(25)50)29-11-12-31(46)41-34(29)49/h2-4,6-7,9-10,18,23,27-29,37,40H,5,8,11-17,19-21H2,1H3,(H,38,45)(H,39,47)(H,42,48)(H,41,46,49)/t23?,27-,28?,29?,37?/m0/s1. The van der Waals surface area contributed by atoms with Crippen LogP contribution in [-0.4, -0.2) is 128 Å². The predicted molar refractivity (Wildman–Crippen MR) is 205 cm³/mol. The Morgan fingerprint density at radius 1 is 1.00 bits per heavy atom. The largest absolute Gasteiger partial charge is 0.492 e. The van der Waals surface area contributed by atoms with E-state index < -0.39 is 69.0 Å². The van der Waals surface area contributed by atoms with Crippen LogP contribution in [0.25, 0.3) is 0 Å². The van der Waals surface area contributed by atoms with Crippen LogP contribution in [0.2, 0.25) is 0 Å². The predicted octanol–water partition coefficient (Wildman–Crippen LogP) is -0.377. The first-order valence-electron chi connectivity index (χ1n) is 18.6. The molecule has 2 aromatic rings. The fraction of sp³-hybridized carbons (Fsp3) is 0.486. The number of amides is 7. The van der Waals surface area contributed by atoms with E-state index in [9.17, 15) is 42.0 Å². The van der Waals surface area contributed by atoms with Gasteiger partial charge in [-0.05, 0) is 43.0 Å². The summed E-state index contributed by atoms with van der Waals surface area (Å²) in [4.78, 5) is 89.7. The van der Waals surface area contributed by atoms with Gasteiger partial charge >= 0.3 is 0 Å². The van der Waals surface area contributed by atoms with Gasteiger partial charge in [0.05, 0.1) is 36.5 Å². The SMILES string of the molecule is CS(=O)(=O)N1CCC(C(=O)N[C@@H](COCCCC(=O)NCCOc2ccc3c(c2)C(=O)N(C2CCC(=O)NC2=O)C3=O)C(=O)NC2NC(c3ccccc3)CS2)C1. The molecule has 3 fully saturated rings. The Hall–Kier alpha value is -4.89. The molecule has 20 heteroatoms. The summed E-state index contributed by atoms with van der Waals surface area (Å²) in [7, 11) is -3.46. The Labute approximate surface area is 333 Å². The van der Waals surface area contributed by atoms with Crippen LogP contribution in [0.5, 0.6) is 5.75 Å². The van der Waals surface area contributed by atoms with Gasteiger partial charge in [-0.25, -0.2) is 12.7 Å². The zero-order valence-corrected chi connectivity index (χ0v) is 32.8. The average Bonchev–Trinajstić information content (AvgIpc) is 3.93. The number of piperidine rings is 1. The van der Waals surface area contributed by atoms with E-state index in [-0.39, 0.29) is 87.5 Å². The molecule has 4 aliphatic rings. The maximum atomic E-state index is 13.4. The maximum absolute atomic E-state index is 13.4. The quantitative estimate of drug-likeness (QED) is 0.101. The van der Waals surface area contributed by atoms with Crippen LogP contribution < -0.4 is 31.3 Å². The van der Waals surface area contributed by atoms with Crippen LogP contribution in [-0.2, 0) is 38.7 Å². The van der Waals surface area contributed by atoms with Crippen molar-refractivity contribution < 1.29 is 51.5 Å². The number of nitrogens with zero attached hydrogens (tertiary/aromatic N) is 2. The lowest BCUT2D eigenvalue weighted by Crippen LogP contribution is -2.54. The number of benzene rings is 2. The van der Waals surface area contributed by atoms with Crippen molar-refractivity contribution in [2.75, 3.05) is 51.5 Å². The molecular weight excluding hydrogens is 783 g/mol. The van der Waals surface area contributed by atoms with Gasteiger partial charge in [-0.2, -0.15) is 0 Å². The van der Waals surface area contributed by atoms with Crippen LogP contribution >= 0.6 is 11.8 Å². The fourth-order valence-electron chi connectivity index (χ4n) is 6.90. The summed E-state index contributed by atoms with van der Waals surface area (Å²) in [5.74, 6) is -3.25. The number of imide groups is 2. The van der Waals surface area contributed by atoms with Crippen LogP contribution in [0.4, 0.5) is 0 Å². The molecule has 4 heterocycles. The Morgan fingerprint density at radius 2 is 1.77 bits per heavy atom. The van der Waals surface area contributed by atoms with E-state index in [0.29, 0.717) is 12.8 Å². The normalized spacial score (nSPS) is 22.9. The van der Waals surface area contributed by atoms with E-state index in [4.69, 9.17) is 9.47 Å². The molecule has 7 amide bonds. The molecule has 3 saturated heterocycles. The lowest BCUT2D eigenvalue weighted by molar-refractivity contribution is -0.136. The summed E-state index contributed by atoms with van der Waals surface area (Å²) >= 11 is 1.52. The van der Waals surface area contributed by atoms with E-state index in [2.05, 4.69) is 26.6 Å². The number of rotatable bonds is 17. The van der Waals surface area contributed by atoms with Crippen LogP contribution in [0.15, 0.2) is 48.5 Å². The molecule has 0 aromatic heterocycles. The van der Waals surface area contributed by atoms with Crippen LogP contribution in [0.1, 0.15) is 64.4 Å². The highest BCUT2D eigenvalue weighted by Gasteiger charge is 2.45. The average molecular weight is 828 g/mol. The second kappa shape index (κ2) is 18.6. The van der Waals surface area contributed by atoms with E-state index in [0.717, 1.165) is 22.5 Å². The first-order chi connectivity index (χ1) is 27.3. The molecule has 57 heavy (non-hydrogen) atoms. The number of hydrogen-bond donors (Lipinski definition) is 5. The van der Waals surface area contributed by atoms with E-state index in [1.165, 1.54) is 34.3 Å². The zero-order chi connectivity index (χ0) is 40.7. The summed E-state index contributed by atoms with van der Waals surface area (Å²) in [5, 5.41) is 13.9. The molecule has 0 saturated carbocycles. The molecule has 5 N–H and O–H groups in total. The summed E-state index contributed by atoms with van der Waals surface area (Å²) in [5.41, 5.74) is 0.874. The van der Waals surface area contributed by atoms with Gasteiger partial charge in [-0.15, -0.1) is 11.8 Å². The van der Waals surface area contributed by atoms with Crippen molar-refractivity contribution in [2.45, 2.75) is 55.7 Å². The number of thioether (sulfide) groups is 1. The second-order valence-corrected chi connectivity index (χ2v) is 17.2. The third-order valence-corrected chi connectivity index (χ3v) is 12.3. The molecule has 0 radical (unpaired) electrons. The zero-order valence-electron chi connectivity index (χ0n) is 31.2. The van der Waals surface area contributed by atoms with Crippen molar-refractivity contribution in [3.63, 3.8) is 0 Å². The smallest absolute Gasteiger partial charge is 0.262 e. The minimum atomic E-state index is -3.46. The lowest BCUT2D eigenvalue weighted by atomic mass is 10.0. The maximum Gasteiger partial charge on any atom is 0.262 e. The molecule has 6 rings (SSSR count). The Balaban J connectivity index is 0.923. The minimum Gasteiger partial charge on any atom is -0.492 e. The Morgan fingerprint density at radius 3 is 2.51 bits per heavy atom. The van der Waals surface area contributed by atoms with E-state index in [1.807, 2.05) is 30.3 Å². The van der Waals surface area contributed by atoms with Crippen molar-refractivity contribution in [2.24, 2.45) is 5.92 Å². The number of sulfonamides is 1. The van der Waals surface area contributed by atoms with Crippen molar-refractivity contribution in [1.29, 1.82) is 0 Å². The van der Waals surface area contributed by atoms with Gasteiger partial charge in [0.2, 0.25) is 39.6 Å². The van der Waals surface area contributed by atoms with Gasteiger partial charge in [0.15, 0.2) is 0 Å². The topological polar surface area (TPSA) is 239 Å². The van der Waals surface area contributed by atoms with Crippen molar-refractivity contribution in [1.82, 2.24) is 35.8 Å². The Kier molecular flexibility index (Phi) is 13.6. The van der Waals surface area contributed by atoms with Crippen LogP contribution in [0, 0.1) is 5.92 Å². The highest BCUT2D eigenvalue weighted by atomic mass is 32.2. The van der Waals surface area contributed by atoms with Gasteiger partial charge in [0, 0.05) is 44.3 Å². The van der Waals surface area contributed by atoms with Crippen molar-refractivity contribution in [3.8, 4) is 5.75 Å². The van der Waals surface area contributed by atoms with Crippen LogP contribution in [0.3, 0.4) is 0 Å². The van der Waals surface area contributed by atoms with Crippen molar-refractivity contribution in [3.05, 3.63) is 65.2 Å². The molecule has 0 aliphatic carbocycles. The fourth-order valence-corrected chi connectivity index (χ4v) is 8.92. The van der Waals surface area contributed by atoms with Gasteiger partial charge in [0.25, 0.3) is 11.8 Å². The first-order valence-corrected chi connectivity index (χ1v) is 21.5. The molecule has 4 unspecified atom stereocenters. The molecule has 5 atom stereocenters. The van der Waals surface area contributed by atoms with E-state index in [1.54, 1.807) is 0 Å². The van der Waals surface area contributed by atoms with Crippen molar-refractivity contribution >= 4 is 63.1 Å². The summed E-state index contributed by atoms with van der Waals surface area (Å²) in [6.07, 6.45) is 1.89. The molecule has 18 nitrogen and oxygen atoms in total. The summed E-state index contributed by atoms with van der Waals surface area (Å²) in [6.45, 7) is 0.370. The number of ether oxygens (including phenoxy) is 2. The minimum absolute atomic E-state index is 0.0152. The first kappa shape index (κ1) is 41.7. The molecule has 0 bridgehead atoms. The molecule has 0 spiro atoms. The van der Waals surface area contributed by atoms with E-state index >= 15 is 0 Å². The summed E-state index contributed by atoms with van der Waals surface area (Å²) in [6, 6.07) is 12.0. The van der Waals surface area contributed by atoms with Gasteiger partial charge in [0.1, 0.15) is 29.9 Å². The molecule has 306 valence electrons. The molecule has 4 aliphatic heterocycles. The summed E-state index contributed by atoms with van der Waals surface area (Å²) < 4.78 is 36.6. The monoisotopic (exact) mass is 827 g/mol. The second-order valence-electron chi connectivity index (χ2n) is 14.1. The number of nitrogens with one attached hydrogen (secondary N) is 5. The molecule has 2 aromatic carbocycles. The van der Waals surface area contributed by atoms with Gasteiger partial charge in [-0.1, -0.05) is 30.3 Å². The van der Waals surface area contributed by atoms with Gasteiger partial charge < -0.3 is 25.4 Å². The number of fused-ring (bicyclic) bond motifs is 1. The lowest BCUT2D eigenvalue weighted by Gasteiger charge is -2.27. The number of carbonyl (C=O) groups is 7. The number of carbonyl (C=O) groups excluding carboxylic acids is 7. The highest BCUT2D eigenvalue weighted by molar-refractivity contribution is 8.00. The number of hydrogen-bond acceptors (Lipinski definition) is 13. The third-order valence-electron chi connectivity index (χ3n) is 9.96. The van der Waals surface area contributed by atoms with Gasteiger partial charge in [-0.3, -0.25) is 49.1 Å². The Bertz CT molecular complexity index is 2000. The molecular formula is C37H45N7O11S2. The third kappa shape index (κ3) is 10.5. The highest BCUT2D eigenvalue weighted by Crippen LogP contribution is 2.31.